The molecule has 8 nitrogen and oxygen atoms in total. The maximum absolute atomic E-state index is 13.5. The van der Waals surface area contributed by atoms with E-state index in [0.717, 1.165) is 5.56 Å². The monoisotopic (exact) mass is 426 g/mol. The minimum absolute atomic E-state index is 0.273. The molecular weight excluding hydrogens is 407 g/mol. The third-order valence-electron chi connectivity index (χ3n) is 3.94. The zero-order chi connectivity index (χ0) is 21.7. The van der Waals surface area contributed by atoms with Gasteiger partial charge in [-0.15, -0.1) is 0 Å². The van der Waals surface area contributed by atoms with Crippen LogP contribution in [0.2, 0.25) is 0 Å². The lowest BCUT2D eigenvalue weighted by Crippen LogP contribution is -2.18. The summed E-state index contributed by atoms with van der Waals surface area (Å²) < 4.78 is 33.3. The fourth-order valence-corrected chi connectivity index (χ4v) is 3.69. The van der Waals surface area contributed by atoms with E-state index in [2.05, 4.69) is 25.0 Å². The second-order valence-corrected chi connectivity index (χ2v) is 8.72. The van der Waals surface area contributed by atoms with Crippen molar-refractivity contribution in [2.24, 2.45) is 0 Å². The molecule has 1 heterocycles. The summed E-state index contributed by atoms with van der Waals surface area (Å²) in [6, 6.07) is 9.57. The Kier molecular flexibility index (Phi) is 6.13. The van der Waals surface area contributed by atoms with Crippen LogP contribution >= 0.6 is 0 Å². The van der Waals surface area contributed by atoms with E-state index in [4.69, 9.17) is 10.00 Å². The average molecular weight is 426 g/mol. The molecule has 0 aliphatic heterocycles. The van der Waals surface area contributed by atoms with E-state index >= 15 is 0 Å². The second-order valence-electron chi connectivity index (χ2n) is 6.47. The topological polar surface area (TPSA) is 113 Å². The third-order valence-corrected chi connectivity index (χ3v) is 5.16. The molecular formula is C20H19FN6O2S. The smallest absolute Gasteiger partial charge is 0.230 e. The number of halogens is 1. The number of hydrogen-bond donors (Lipinski definition) is 2. The maximum Gasteiger partial charge on any atom is 0.230 e. The second kappa shape index (κ2) is 8.75. The molecule has 1 atom stereocenters. The van der Waals surface area contributed by atoms with Gasteiger partial charge in [-0.05, 0) is 42.3 Å². The number of anilines is 2. The van der Waals surface area contributed by atoms with Crippen LogP contribution in [0, 0.1) is 24.2 Å². The molecule has 0 bridgehead atoms. The van der Waals surface area contributed by atoms with E-state index in [-0.39, 0.29) is 5.95 Å². The van der Waals surface area contributed by atoms with E-state index in [0.29, 0.717) is 28.4 Å². The first-order chi connectivity index (χ1) is 14.3. The van der Waals surface area contributed by atoms with Crippen molar-refractivity contribution in [2.75, 3.05) is 18.7 Å². The van der Waals surface area contributed by atoms with Gasteiger partial charge >= 0.3 is 0 Å². The Hall–Kier alpha value is -3.71. The minimum Gasteiger partial charge on any atom is -0.496 e. The van der Waals surface area contributed by atoms with Gasteiger partial charge in [0, 0.05) is 23.4 Å². The van der Waals surface area contributed by atoms with Crippen LogP contribution in [0.4, 0.5) is 16.0 Å². The number of nitrogens with zero attached hydrogens (tertiary/aromatic N) is 4. The summed E-state index contributed by atoms with van der Waals surface area (Å²) in [5, 5.41) is 13.3. The number of nitrogens with one attached hydrogen (secondary N) is 2. The van der Waals surface area contributed by atoms with Crippen molar-refractivity contribution in [3.63, 3.8) is 0 Å². The Bertz CT molecular complexity index is 1250. The molecule has 0 aliphatic rings. The third kappa shape index (κ3) is 5.21. The summed E-state index contributed by atoms with van der Waals surface area (Å²) in [7, 11) is -1.20. The Morgan fingerprint density at radius 1 is 1.23 bits per heavy atom. The molecule has 154 valence electrons. The minimum atomic E-state index is -2.64. The van der Waals surface area contributed by atoms with Crippen molar-refractivity contribution in [3.05, 3.63) is 59.7 Å². The van der Waals surface area contributed by atoms with Crippen molar-refractivity contribution in [1.29, 1.82) is 5.26 Å². The van der Waals surface area contributed by atoms with Gasteiger partial charge in [-0.2, -0.15) is 10.2 Å². The van der Waals surface area contributed by atoms with Gasteiger partial charge in [0.1, 0.15) is 17.9 Å². The number of aryl methyl sites for hydroxylation is 1. The fourth-order valence-electron chi connectivity index (χ4n) is 2.80. The number of ether oxygens (including phenoxy) is 1. The van der Waals surface area contributed by atoms with Gasteiger partial charge < -0.3 is 10.1 Å². The molecule has 1 unspecified atom stereocenters. The highest BCUT2D eigenvalue weighted by atomic mass is 32.2. The van der Waals surface area contributed by atoms with Gasteiger partial charge in [0.15, 0.2) is 12.0 Å². The molecule has 3 rings (SSSR count). The fraction of sp³-hybridized carbons (Fsp3) is 0.150. The maximum atomic E-state index is 13.5. The lowest BCUT2D eigenvalue weighted by Gasteiger charge is -2.10. The molecule has 0 fully saturated rings. The van der Waals surface area contributed by atoms with Crippen molar-refractivity contribution in [2.45, 2.75) is 6.92 Å². The number of methoxy groups -OCH3 is 1. The van der Waals surface area contributed by atoms with Crippen LogP contribution in [0.1, 0.15) is 11.1 Å². The Morgan fingerprint density at radius 3 is 2.77 bits per heavy atom. The van der Waals surface area contributed by atoms with Crippen LogP contribution in [0.3, 0.4) is 0 Å². The number of rotatable bonds is 6. The first-order valence-electron chi connectivity index (χ1n) is 8.71. The van der Waals surface area contributed by atoms with Crippen LogP contribution in [0.25, 0.3) is 11.4 Å². The zero-order valence-corrected chi connectivity index (χ0v) is 17.3. The largest absolute Gasteiger partial charge is 0.496 e. The zero-order valence-electron chi connectivity index (χ0n) is 16.5. The molecule has 2 aromatic carbocycles. The van der Waals surface area contributed by atoms with Gasteiger partial charge in [0.05, 0.1) is 22.4 Å². The normalized spacial score (nSPS) is 12.4. The molecule has 1 aromatic heterocycles. The molecule has 0 saturated heterocycles. The van der Waals surface area contributed by atoms with Crippen molar-refractivity contribution in [1.82, 2.24) is 19.7 Å². The summed E-state index contributed by atoms with van der Waals surface area (Å²) in [6.45, 7) is 1.89. The summed E-state index contributed by atoms with van der Waals surface area (Å²) in [6.07, 6.45) is 4.48. The van der Waals surface area contributed by atoms with Gasteiger partial charge in [-0.3, -0.25) is 0 Å². The highest BCUT2D eigenvalue weighted by molar-refractivity contribution is 7.99. The van der Waals surface area contributed by atoms with E-state index in [1.54, 1.807) is 12.3 Å². The highest BCUT2D eigenvalue weighted by Crippen LogP contribution is 2.28. The number of benzene rings is 2. The molecule has 0 spiro atoms. The van der Waals surface area contributed by atoms with Crippen LogP contribution < -0.4 is 14.8 Å². The molecule has 0 saturated carbocycles. The SMILES string of the molecule is COc1cc(F)ccc1-c1ncnc(Nc2cc(C)cc(C=S(C)(=O)NC#N)c2)n1. The molecule has 10 heteroatoms. The Morgan fingerprint density at radius 2 is 2.03 bits per heavy atom. The van der Waals surface area contributed by atoms with E-state index in [1.165, 1.54) is 43.3 Å². The van der Waals surface area contributed by atoms with Gasteiger partial charge in [-0.1, -0.05) is 6.07 Å². The quantitative estimate of drug-likeness (QED) is 0.354. The molecule has 0 radical (unpaired) electrons. The van der Waals surface area contributed by atoms with Gasteiger partial charge in [0.25, 0.3) is 0 Å². The van der Waals surface area contributed by atoms with Crippen LogP contribution in [-0.4, -0.2) is 37.9 Å². The predicted octanol–water partition coefficient (Wildman–Crippen LogP) is 2.79. The molecule has 30 heavy (non-hydrogen) atoms. The van der Waals surface area contributed by atoms with E-state index in [9.17, 15) is 8.60 Å². The van der Waals surface area contributed by atoms with E-state index < -0.39 is 15.5 Å². The predicted molar refractivity (Wildman–Crippen MR) is 114 cm³/mol. The van der Waals surface area contributed by atoms with Gasteiger partial charge in [0.2, 0.25) is 5.95 Å². The van der Waals surface area contributed by atoms with Gasteiger partial charge in [-0.25, -0.2) is 23.3 Å². The molecule has 3 aromatic rings. The summed E-state index contributed by atoms with van der Waals surface area (Å²) in [5.74, 6) is 0.473. The first kappa shape index (κ1) is 21.0. The lowest BCUT2D eigenvalue weighted by molar-refractivity contribution is 0.412. The first-order valence-corrected chi connectivity index (χ1v) is 10.7. The number of nitriles is 1. The van der Waals surface area contributed by atoms with Crippen LogP contribution in [0.5, 0.6) is 5.75 Å². The standard InChI is InChI=1S/C20H19FN6O2S/c1-13-6-14(10-30(3,28)25-11-22)8-16(7-13)26-20-24-12-23-19(27-20)17-5-4-15(21)9-18(17)29-2/h4-10,12H,1-3H3,(H,25,28)(H,23,24,26,27). The van der Waals surface area contributed by atoms with Crippen molar-refractivity contribution in [3.8, 4) is 23.3 Å². The molecule has 2 N–H and O–H groups in total. The molecule has 0 amide bonds. The van der Waals surface area contributed by atoms with Crippen LogP contribution in [0.15, 0.2) is 42.7 Å². The van der Waals surface area contributed by atoms with Crippen molar-refractivity contribution >= 4 is 26.7 Å². The Labute approximate surface area is 173 Å². The lowest BCUT2D eigenvalue weighted by atomic mass is 10.1. The number of hydrogen-bond acceptors (Lipinski definition) is 7. The average Bonchev–Trinajstić information content (AvgIpc) is 2.67. The van der Waals surface area contributed by atoms with Crippen LogP contribution in [-0.2, 0) is 9.71 Å². The Balaban J connectivity index is 1.94. The molecule has 0 aliphatic carbocycles. The summed E-state index contributed by atoms with van der Waals surface area (Å²) >= 11 is 0. The summed E-state index contributed by atoms with van der Waals surface area (Å²) in [4.78, 5) is 12.7. The van der Waals surface area contributed by atoms with Crippen molar-refractivity contribution < 1.29 is 13.3 Å². The number of aromatic nitrogens is 3. The van der Waals surface area contributed by atoms with E-state index in [1.807, 2.05) is 19.1 Å². The highest BCUT2D eigenvalue weighted by Gasteiger charge is 2.11. The summed E-state index contributed by atoms with van der Waals surface area (Å²) in [5.41, 5.74) is 2.77.